The lowest BCUT2D eigenvalue weighted by molar-refractivity contribution is 0.182. The van der Waals surface area contributed by atoms with Crippen LogP contribution in [0.2, 0.25) is 12.1 Å². The van der Waals surface area contributed by atoms with Crippen molar-refractivity contribution in [3.8, 4) is 6.07 Å². The van der Waals surface area contributed by atoms with Gasteiger partial charge in [-0.25, -0.2) is 0 Å². The molecule has 0 fully saturated rings. The molecule has 0 heterocycles. The van der Waals surface area contributed by atoms with Crippen molar-refractivity contribution in [1.29, 1.82) is 5.26 Å². The lowest BCUT2D eigenvalue weighted by Gasteiger charge is -2.29. The lowest BCUT2D eigenvalue weighted by Crippen LogP contribution is -2.42. The maximum absolute atomic E-state index is 8.83. The third-order valence-corrected chi connectivity index (χ3v) is 7.06. The SMILES string of the molecule is CCO[Si](CCC#N)(CCCc1ccccc1)OCC. The molecule has 4 heteroatoms. The van der Waals surface area contributed by atoms with E-state index < -0.39 is 8.56 Å². The van der Waals surface area contributed by atoms with Gasteiger partial charge in [0.2, 0.25) is 0 Å². The van der Waals surface area contributed by atoms with E-state index >= 15 is 0 Å². The van der Waals surface area contributed by atoms with E-state index in [4.69, 9.17) is 14.1 Å². The summed E-state index contributed by atoms with van der Waals surface area (Å²) < 4.78 is 12.0. The van der Waals surface area contributed by atoms with Gasteiger partial charge in [-0.1, -0.05) is 30.3 Å². The number of nitriles is 1. The Bertz CT molecular complexity index is 397. The summed E-state index contributed by atoms with van der Waals surface area (Å²) in [5.41, 5.74) is 1.35. The van der Waals surface area contributed by atoms with Crippen molar-refractivity contribution in [3.05, 3.63) is 35.9 Å². The normalized spacial score (nSPS) is 11.2. The largest absolute Gasteiger partial charge is 0.394 e. The van der Waals surface area contributed by atoms with Crippen molar-refractivity contribution in [3.63, 3.8) is 0 Å². The number of benzene rings is 1. The van der Waals surface area contributed by atoms with Gasteiger partial charge in [0.15, 0.2) is 0 Å². The van der Waals surface area contributed by atoms with Gasteiger partial charge in [-0.3, -0.25) is 0 Å². The average molecular weight is 291 g/mol. The summed E-state index contributed by atoms with van der Waals surface area (Å²) in [6.45, 7) is 5.35. The van der Waals surface area contributed by atoms with Crippen LogP contribution in [-0.4, -0.2) is 21.8 Å². The zero-order valence-electron chi connectivity index (χ0n) is 12.6. The highest BCUT2D eigenvalue weighted by molar-refractivity contribution is 6.67. The fourth-order valence-electron chi connectivity index (χ4n) is 2.43. The van der Waals surface area contributed by atoms with Crippen molar-refractivity contribution >= 4 is 8.56 Å². The second-order valence-corrected chi connectivity index (χ2v) is 8.17. The van der Waals surface area contributed by atoms with Crippen molar-refractivity contribution in [2.75, 3.05) is 13.2 Å². The van der Waals surface area contributed by atoms with E-state index in [1.165, 1.54) is 5.56 Å². The van der Waals surface area contributed by atoms with Crippen molar-refractivity contribution in [2.24, 2.45) is 0 Å². The molecule has 0 aliphatic carbocycles. The first-order valence-corrected chi connectivity index (χ1v) is 9.68. The molecule has 1 aromatic rings. The van der Waals surface area contributed by atoms with Gasteiger partial charge in [0.05, 0.1) is 6.07 Å². The van der Waals surface area contributed by atoms with Crippen LogP contribution in [0.5, 0.6) is 0 Å². The number of rotatable bonds is 10. The number of hydrogen-bond donors (Lipinski definition) is 0. The molecule has 0 N–H and O–H groups in total. The van der Waals surface area contributed by atoms with Gasteiger partial charge in [-0.2, -0.15) is 5.26 Å². The van der Waals surface area contributed by atoms with Gasteiger partial charge >= 0.3 is 8.56 Å². The van der Waals surface area contributed by atoms with Crippen LogP contribution in [0.3, 0.4) is 0 Å². The third-order valence-electron chi connectivity index (χ3n) is 3.30. The smallest absolute Gasteiger partial charge is 0.339 e. The minimum absolute atomic E-state index is 0.525. The first-order chi connectivity index (χ1) is 9.76. The molecule has 1 aromatic carbocycles. The zero-order valence-corrected chi connectivity index (χ0v) is 13.6. The molecule has 0 aliphatic rings. The Morgan fingerprint density at radius 3 is 2.25 bits per heavy atom. The summed E-state index contributed by atoms with van der Waals surface area (Å²) in [7, 11) is -2.19. The number of hydrogen-bond acceptors (Lipinski definition) is 3. The Balaban J connectivity index is 2.56. The van der Waals surface area contributed by atoms with Gasteiger partial charge in [0, 0.05) is 25.7 Å². The molecule has 0 saturated heterocycles. The molecule has 1 rings (SSSR count). The van der Waals surface area contributed by atoms with E-state index in [0.717, 1.165) is 24.9 Å². The molecular formula is C16H25NO2Si. The summed E-state index contributed by atoms with van der Waals surface area (Å²) >= 11 is 0. The highest BCUT2D eigenvalue weighted by atomic mass is 28.4. The van der Waals surface area contributed by atoms with E-state index in [9.17, 15) is 0 Å². The first-order valence-electron chi connectivity index (χ1n) is 7.45. The molecule has 0 unspecified atom stereocenters. The molecular weight excluding hydrogens is 266 g/mol. The summed E-state index contributed by atoms with van der Waals surface area (Å²) in [6.07, 6.45) is 2.63. The highest BCUT2D eigenvalue weighted by Gasteiger charge is 2.35. The van der Waals surface area contributed by atoms with Crippen LogP contribution in [0.25, 0.3) is 0 Å². The van der Waals surface area contributed by atoms with Crippen LogP contribution < -0.4 is 0 Å². The number of aryl methyl sites for hydroxylation is 1. The molecule has 0 bridgehead atoms. The summed E-state index contributed by atoms with van der Waals surface area (Å²) in [4.78, 5) is 0. The van der Waals surface area contributed by atoms with Crippen LogP contribution >= 0.6 is 0 Å². The second-order valence-electron chi connectivity index (χ2n) is 4.77. The van der Waals surface area contributed by atoms with Crippen molar-refractivity contribution in [1.82, 2.24) is 0 Å². The molecule has 20 heavy (non-hydrogen) atoms. The predicted octanol–water partition coefficient (Wildman–Crippen LogP) is 4.05. The summed E-state index contributed by atoms with van der Waals surface area (Å²) in [5.74, 6) is 0. The second kappa shape index (κ2) is 9.70. The van der Waals surface area contributed by atoms with E-state index in [0.29, 0.717) is 19.6 Å². The van der Waals surface area contributed by atoms with Crippen LogP contribution in [0.4, 0.5) is 0 Å². The third kappa shape index (κ3) is 5.87. The molecule has 0 radical (unpaired) electrons. The number of nitrogens with zero attached hydrogens (tertiary/aromatic N) is 1. The van der Waals surface area contributed by atoms with Crippen molar-refractivity contribution < 1.29 is 8.85 Å². The maximum atomic E-state index is 8.83. The van der Waals surface area contributed by atoms with Crippen molar-refractivity contribution in [2.45, 2.75) is 45.2 Å². The molecule has 0 atom stereocenters. The van der Waals surface area contributed by atoms with Crippen LogP contribution in [0.1, 0.15) is 32.3 Å². The van der Waals surface area contributed by atoms with E-state index in [2.05, 4.69) is 30.3 Å². The Morgan fingerprint density at radius 2 is 1.70 bits per heavy atom. The van der Waals surface area contributed by atoms with Gasteiger partial charge in [-0.15, -0.1) is 0 Å². The molecule has 0 saturated carbocycles. The van der Waals surface area contributed by atoms with Crippen LogP contribution in [0, 0.1) is 11.3 Å². The van der Waals surface area contributed by atoms with Gasteiger partial charge in [0.1, 0.15) is 0 Å². The Hall–Kier alpha value is -1.15. The fourth-order valence-corrected chi connectivity index (χ4v) is 5.61. The Labute approximate surface area is 123 Å². The standard InChI is InChI=1S/C16H25NO2Si/c1-3-18-20(19-4-2,15-9-13-17)14-8-12-16-10-6-5-7-11-16/h5-7,10-11H,3-4,8-9,12,14-15H2,1-2H3. The molecule has 3 nitrogen and oxygen atoms in total. The van der Waals surface area contributed by atoms with Crippen LogP contribution in [-0.2, 0) is 15.3 Å². The minimum Gasteiger partial charge on any atom is -0.394 e. The Kier molecular flexibility index (Phi) is 8.20. The molecule has 0 spiro atoms. The molecule has 0 amide bonds. The van der Waals surface area contributed by atoms with Gasteiger partial charge in [-0.05, 0) is 38.3 Å². The quantitative estimate of drug-likeness (QED) is 0.611. The van der Waals surface area contributed by atoms with Crippen LogP contribution in [0.15, 0.2) is 30.3 Å². The van der Waals surface area contributed by atoms with E-state index in [-0.39, 0.29) is 0 Å². The molecule has 110 valence electrons. The molecule has 0 aromatic heterocycles. The Morgan fingerprint density at radius 1 is 1.05 bits per heavy atom. The lowest BCUT2D eigenvalue weighted by atomic mass is 10.1. The average Bonchev–Trinajstić information content (AvgIpc) is 2.47. The topological polar surface area (TPSA) is 42.2 Å². The first kappa shape index (κ1) is 16.9. The maximum Gasteiger partial charge on any atom is 0.339 e. The van der Waals surface area contributed by atoms with Gasteiger partial charge < -0.3 is 8.85 Å². The predicted molar refractivity (Wildman–Crippen MR) is 83.6 cm³/mol. The minimum atomic E-state index is -2.19. The molecule has 0 aliphatic heterocycles. The monoisotopic (exact) mass is 291 g/mol. The van der Waals surface area contributed by atoms with E-state index in [1.54, 1.807) is 0 Å². The zero-order chi connectivity index (χ0) is 14.7. The summed E-state index contributed by atoms with van der Waals surface area (Å²) in [5, 5.41) is 8.83. The highest BCUT2D eigenvalue weighted by Crippen LogP contribution is 2.24. The van der Waals surface area contributed by atoms with E-state index in [1.807, 2.05) is 19.9 Å². The van der Waals surface area contributed by atoms with Gasteiger partial charge in [0.25, 0.3) is 0 Å². The fraction of sp³-hybridized carbons (Fsp3) is 0.562. The summed E-state index contributed by atoms with van der Waals surface area (Å²) in [6, 6.07) is 14.4.